The van der Waals surface area contributed by atoms with Crippen molar-refractivity contribution in [3.8, 4) is 5.75 Å². The zero-order chi connectivity index (χ0) is 19.2. The summed E-state index contributed by atoms with van der Waals surface area (Å²) in [5.41, 5.74) is 0.0724. The molecule has 2 rings (SSSR count). The SMILES string of the molecule is COc1c(C)c(S(=O)(=O)O)cc2cc(S(=O)(=O)O)cc(NC(C)=O)c12. The van der Waals surface area contributed by atoms with Crippen molar-refractivity contribution in [2.24, 2.45) is 0 Å². The average molecular weight is 389 g/mol. The lowest BCUT2D eigenvalue weighted by molar-refractivity contribution is -0.114. The van der Waals surface area contributed by atoms with Crippen LogP contribution >= 0.6 is 0 Å². The van der Waals surface area contributed by atoms with E-state index in [1.54, 1.807) is 0 Å². The maximum absolute atomic E-state index is 11.6. The molecule has 0 heterocycles. The zero-order valence-corrected chi connectivity index (χ0v) is 15.0. The van der Waals surface area contributed by atoms with Crippen molar-refractivity contribution in [1.29, 1.82) is 0 Å². The first-order valence-corrected chi connectivity index (χ1v) is 9.62. The highest BCUT2D eigenvalue weighted by molar-refractivity contribution is 7.86. The summed E-state index contributed by atoms with van der Waals surface area (Å²) >= 11 is 0. The predicted octanol–water partition coefficient (Wildman–Crippen LogP) is 1.61. The Kier molecular flexibility index (Phi) is 4.79. The molecule has 9 nitrogen and oxygen atoms in total. The summed E-state index contributed by atoms with van der Waals surface area (Å²) in [5, 5.41) is 2.65. The zero-order valence-electron chi connectivity index (χ0n) is 13.4. The molecule has 0 unspecified atom stereocenters. The Morgan fingerprint density at radius 3 is 2.12 bits per heavy atom. The van der Waals surface area contributed by atoms with Crippen LogP contribution in [0.25, 0.3) is 10.8 Å². The number of methoxy groups -OCH3 is 1. The number of hydrogen-bond acceptors (Lipinski definition) is 6. The van der Waals surface area contributed by atoms with Gasteiger partial charge in [-0.25, -0.2) is 0 Å². The van der Waals surface area contributed by atoms with Crippen LogP contribution in [-0.2, 0) is 25.0 Å². The van der Waals surface area contributed by atoms with Crippen molar-refractivity contribution >= 4 is 42.6 Å². The van der Waals surface area contributed by atoms with Gasteiger partial charge in [-0.15, -0.1) is 0 Å². The van der Waals surface area contributed by atoms with Gasteiger partial charge in [-0.05, 0) is 30.5 Å². The van der Waals surface area contributed by atoms with E-state index in [2.05, 4.69) is 5.32 Å². The minimum absolute atomic E-state index is 0.000497. The standard InChI is InChI=1S/C14H15NO8S2/c1-7-12(25(20,21)22)5-9-4-10(24(17,18)19)6-11(15-8(2)16)13(9)14(7)23-3/h4-6H,1-3H3,(H,15,16)(H,17,18,19)(H,20,21,22). The predicted molar refractivity (Wildman–Crippen MR) is 89.2 cm³/mol. The highest BCUT2D eigenvalue weighted by Crippen LogP contribution is 2.40. The number of ether oxygens (including phenoxy) is 1. The smallest absolute Gasteiger partial charge is 0.294 e. The van der Waals surface area contributed by atoms with Crippen LogP contribution in [-0.4, -0.2) is 39.0 Å². The van der Waals surface area contributed by atoms with E-state index in [9.17, 15) is 30.7 Å². The van der Waals surface area contributed by atoms with Gasteiger partial charge in [0.05, 0.1) is 17.7 Å². The van der Waals surface area contributed by atoms with Gasteiger partial charge >= 0.3 is 0 Å². The van der Waals surface area contributed by atoms with Gasteiger partial charge in [-0.2, -0.15) is 16.8 Å². The van der Waals surface area contributed by atoms with E-state index in [0.717, 1.165) is 18.2 Å². The fraction of sp³-hybridized carbons (Fsp3) is 0.214. The Hall–Kier alpha value is -2.21. The molecule has 0 atom stereocenters. The molecule has 3 N–H and O–H groups in total. The lowest BCUT2D eigenvalue weighted by Crippen LogP contribution is -2.10. The number of carbonyl (C=O) groups excluding carboxylic acids is 1. The van der Waals surface area contributed by atoms with Crippen molar-refractivity contribution in [2.75, 3.05) is 12.4 Å². The first kappa shape index (κ1) is 19.1. The molecule has 0 fully saturated rings. The lowest BCUT2D eigenvalue weighted by atomic mass is 10.0. The van der Waals surface area contributed by atoms with Gasteiger partial charge < -0.3 is 10.1 Å². The van der Waals surface area contributed by atoms with E-state index in [0.29, 0.717) is 0 Å². The van der Waals surface area contributed by atoms with Crippen LogP contribution in [0.4, 0.5) is 5.69 Å². The number of carbonyl (C=O) groups is 1. The van der Waals surface area contributed by atoms with E-state index in [-0.39, 0.29) is 27.8 Å². The molecule has 0 saturated carbocycles. The van der Waals surface area contributed by atoms with Crippen LogP contribution < -0.4 is 10.1 Å². The van der Waals surface area contributed by atoms with Gasteiger partial charge in [0, 0.05) is 17.9 Å². The Morgan fingerprint density at radius 2 is 1.68 bits per heavy atom. The summed E-state index contributed by atoms with van der Waals surface area (Å²) in [5.74, 6) is -0.497. The Labute approximate surface area is 144 Å². The molecule has 11 heteroatoms. The van der Waals surface area contributed by atoms with Crippen LogP contribution in [0, 0.1) is 6.92 Å². The molecule has 0 radical (unpaired) electrons. The molecule has 136 valence electrons. The summed E-state index contributed by atoms with van der Waals surface area (Å²) < 4.78 is 69.9. The number of benzene rings is 2. The van der Waals surface area contributed by atoms with Crippen molar-refractivity contribution in [1.82, 2.24) is 0 Å². The summed E-state index contributed by atoms with van der Waals surface area (Å²) in [4.78, 5) is 10.4. The number of fused-ring (bicyclic) bond motifs is 1. The fourth-order valence-electron chi connectivity index (χ4n) is 2.51. The summed E-state index contributed by atoms with van der Waals surface area (Å²) in [6, 6.07) is 3.06. The van der Waals surface area contributed by atoms with Gasteiger partial charge in [0.2, 0.25) is 5.91 Å². The summed E-state index contributed by atoms with van der Waals surface area (Å²) in [6.45, 7) is 2.58. The largest absolute Gasteiger partial charge is 0.496 e. The van der Waals surface area contributed by atoms with Crippen molar-refractivity contribution in [3.63, 3.8) is 0 Å². The van der Waals surface area contributed by atoms with Crippen LogP contribution in [0.1, 0.15) is 12.5 Å². The van der Waals surface area contributed by atoms with Gasteiger partial charge in [0.15, 0.2) is 0 Å². The molecule has 0 saturated heterocycles. The molecule has 0 aromatic heterocycles. The number of hydrogen-bond donors (Lipinski definition) is 3. The molecule has 0 bridgehead atoms. The summed E-state index contributed by atoms with van der Waals surface area (Å²) in [7, 11) is -8.00. The average Bonchev–Trinajstić information content (AvgIpc) is 2.44. The fourth-order valence-corrected chi connectivity index (χ4v) is 3.81. The molecule has 0 aliphatic heterocycles. The maximum atomic E-state index is 11.6. The number of nitrogens with one attached hydrogen (secondary N) is 1. The molecule has 0 aliphatic carbocycles. The highest BCUT2D eigenvalue weighted by Gasteiger charge is 2.23. The van der Waals surface area contributed by atoms with Gasteiger partial charge in [0.1, 0.15) is 10.6 Å². The molecule has 25 heavy (non-hydrogen) atoms. The highest BCUT2D eigenvalue weighted by atomic mass is 32.2. The van der Waals surface area contributed by atoms with Crippen LogP contribution in [0.2, 0.25) is 0 Å². The van der Waals surface area contributed by atoms with Gasteiger partial charge in [-0.1, -0.05) is 0 Å². The van der Waals surface area contributed by atoms with E-state index in [1.807, 2.05) is 0 Å². The topological polar surface area (TPSA) is 147 Å². The van der Waals surface area contributed by atoms with E-state index in [1.165, 1.54) is 21.0 Å². The van der Waals surface area contributed by atoms with Crippen LogP contribution in [0.5, 0.6) is 5.75 Å². The molecular formula is C14H15NO8S2. The Bertz CT molecular complexity index is 1090. The second-order valence-corrected chi connectivity index (χ2v) is 8.04. The van der Waals surface area contributed by atoms with Crippen LogP contribution in [0.15, 0.2) is 28.0 Å². The maximum Gasteiger partial charge on any atom is 0.294 e. The van der Waals surface area contributed by atoms with E-state index >= 15 is 0 Å². The normalized spacial score (nSPS) is 12.2. The van der Waals surface area contributed by atoms with Crippen molar-refractivity contribution in [3.05, 3.63) is 23.8 Å². The molecule has 1 amide bonds. The third-order valence-corrected chi connectivity index (χ3v) is 5.27. The van der Waals surface area contributed by atoms with Crippen molar-refractivity contribution < 1.29 is 35.5 Å². The molecule has 0 spiro atoms. The van der Waals surface area contributed by atoms with E-state index < -0.39 is 35.9 Å². The van der Waals surface area contributed by atoms with Crippen LogP contribution in [0.3, 0.4) is 0 Å². The second-order valence-electron chi connectivity index (χ2n) is 5.23. The minimum atomic E-state index is -4.63. The van der Waals surface area contributed by atoms with Crippen molar-refractivity contribution in [2.45, 2.75) is 23.6 Å². The Morgan fingerprint density at radius 1 is 1.08 bits per heavy atom. The lowest BCUT2D eigenvalue weighted by Gasteiger charge is -2.17. The first-order chi connectivity index (χ1) is 11.4. The molecule has 2 aromatic carbocycles. The number of rotatable bonds is 4. The Balaban J connectivity index is 3.08. The monoisotopic (exact) mass is 389 g/mol. The second kappa shape index (κ2) is 6.26. The summed E-state index contributed by atoms with van der Waals surface area (Å²) in [6.07, 6.45) is 0. The first-order valence-electron chi connectivity index (χ1n) is 6.74. The van der Waals surface area contributed by atoms with Gasteiger partial charge in [-0.3, -0.25) is 13.9 Å². The molecule has 0 aliphatic rings. The quantitative estimate of drug-likeness (QED) is 0.668. The molecular weight excluding hydrogens is 374 g/mol. The minimum Gasteiger partial charge on any atom is -0.496 e. The molecule has 2 aromatic rings. The number of anilines is 1. The number of amides is 1. The van der Waals surface area contributed by atoms with Gasteiger partial charge in [0.25, 0.3) is 20.2 Å². The third kappa shape index (κ3) is 3.74. The van der Waals surface area contributed by atoms with E-state index in [4.69, 9.17) is 4.74 Å². The third-order valence-electron chi connectivity index (χ3n) is 3.46.